The molecule has 0 aliphatic carbocycles. The number of morpholine rings is 1. The third-order valence-corrected chi connectivity index (χ3v) is 6.68. The minimum absolute atomic E-state index is 0.0431. The van der Waals surface area contributed by atoms with E-state index in [1.807, 2.05) is 32.0 Å². The summed E-state index contributed by atoms with van der Waals surface area (Å²) in [4.78, 5) is 0. The average molecular weight is 324 g/mol. The molecule has 2 aliphatic heterocycles. The van der Waals surface area contributed by atoms with Crippen LogP contribution in [0.1, 0.15) is 31.7 Å². The van der Waals surface area contributed by atoms with Gasteiger partial charge >= 0.3 is 0 Å². The molecule has 5 nitrogen and oxygen atoms in total. The van der Waals surface area contributed by atoms with Crippen LogP contribution < -0.4 is 0 Å². The van der Waals surface area contributed by atoms with Gasteiger partial charge < -0.3 is 4.74 Å². The Kier molecular flexibility index (Phi) is 4.54. The summed E-state index contributed by atoms with van der Waals surface area (Å²) in [6, 6.07) is 10.1. The Morgan fingerprint density at radius 3 is 2.59 bits per heavy atom. The van der Waals surface area contributed by atoms with Gasteiger partial charge in [0.05, 0.1) is 12.7 Å². The Morgan fingerprint density at radius 1 is 1.14 bits per heavy atom. The average Bonchev–Trinajstić information content (AvgIpc) is 3.01. The number of hydrogen-bond donors (Lipinski definition) is 0. The van der Waals surface area contributed by atoms with E-state index < -0.39 is 10.2 Å². The first-order chi connectivity index (χ1) is 10.5. The molecule has 0 radical (unpaired) electrons. The molecular weight excluding hydrogens is 300 g/mol. The van der Waals surface area contributed by atoms with Gasteiger partial charge in [0.1, 0.15) is 0 Å². The third-order valence-electron chi connectivity index (χ3n) is 4.60. The summed E-state index contributed by atoms with van der Waals surface area (Å²) >= 11 is 0. The molecule has 0 spiro atoms. The van der Waals surface area contributed by atoms with Gasteiger partial charge in [-0.2, -0.15) is 17.0 Å². The molecule has 0 saturated carbocycles. The molecule has 0 amide bonds. The molecule has 2 saturated heterocycles. The first kappa shape index (κ1) is 15.9. The van der Waals surface area contributed by atoms with E-state index in [1.165, 1.54) is 5.56 Å². The highest BCUT2D eigenvalue weighted by Gasteiger charge is 2.40. The number of benzene rings is 1. The Bertz CT molecular complexity index is 605. The predicted molar refractivity (Wildman–Crippen MR) is 85.9 cm³/mol. The fraction of sp³-hybridized carbons (Fsp3) is 0.625. The molecule has 1 aromatic carbocycles. The highest BCUT2D eigenvalue weighted by Crippen LogP contribution is 2.30. The van der Waals surface area contributed by atoms with E-state index in [-0.39, 0.29) is 12.1 Å². The normalized spacial score (nSPS) is 31.5. The molecular formula is C16H24N2O3S. The van der Waals surface area contributed by atoms with Crippen LogP contribution in [0.4, 0.5) is 0 Å². The lowest BCUT2D eigenvalue weighted by molar-refractivity contribution is -0.0188. The van der Waals surface area contributed by atoms with Crippen molar-refractivity contribution in [3.63, 3.8) is 0 Å². The zero-order chi connectivity index (χ0) is 15.7. The lowest BCUT2D eigenvalue weighted by atomic mass is 9.99. The summed E-state index contributed by atoms with van der Waals surface area (Å²) in [5.41, 5.74) is 1.23. The second kappa shape index (κ2) is 6.28. The van der Waals surface area contributed by atoms with Crippen molar-refractivity contribution >= 4 is 10.2 Å². The standard InChI is InChI=1S/C16H24N2O3S/c1-13-12-21-14(2)10-18(13)22(19,20)17-9-8-16(11-17)15-6-4-3-5-7-15/h3-7,13-14,16H,8-12H2,1-2H3/t13-,14+,16+/m0/s1. The summed E-state index contributed by atoms with van der Waals surface area (Å²) < 4.78 is 34.6. The third kappa shape index (κ3) is 3.06. The molecule has 0 N–H and O–H groups in total. The van der Waals surface area contributed by atoms with Crippen molar-refractivity contribution < 1.29 is 13.2 Å². The summed E-state index contributed by atoms with van der Waals surface area (Å²) in [5, 5.41) is 0. The smallest absolute Gasteiger partial charge is 0.282 e. The van der Waals surface area contributed by atoms with Gasteiger partial charge in [-0.3, -0.25) is 0 Å². The summed E-state index contributed by atoms with van der Waals surface area (Å²) in [6.45, 7) is 5.91. The Hall–Kier alpha value is -0.950. The monoisotopic (exact) mass is 324 g/mol. The SMILES string of the molecule is C[C@@H]1CN(S(=O)(=O)N2CC[C@@H](c3ccccc3)C2)[C@@H](C)CO1. The molecule has 122 valence electrons. The van der Waals surface area contributed by atoms with Crippen molar-refractivity contribution in [3.8, 4) is 0 Å². The molecule has 0 bridgehead atoms. The summed E-state index contributed by atoms with van der Waals surface area (Å²) in [6.07, 6.45) is 0.843. The topological polar surface area (TPSA) is 49.9 Å². The molecule has 2 heterocycles. The number of ether oxygens (including phenoxy) is 1. The minimum atomic E-state index is -3.40. The second-order valence-electron chi connectivity index (χ2n) is 6.32. The summed E-state index contributed by atoms with van der Waals surface area (Å²) in [5.74, 6) is 0.296. The Balaban J connectivity index is 1.74. The van der Waals surface area contributed by atoms with Crippen LogP contribution in [-0.2, 0) is 14.9 Å². The number of hydrogen-bond acceptors (Lipinski definition) is 3. The zero-order valence-electron chi connectivity index (χ0n) is 13.2. The van der Waals surface area contributed by atoms with Crippen LogP contribution in [-0.4, -0.2) is 55.4 Å². The van der Waals surface area contributed by atoms with Gasteiger partial charge in [-0.15, -0.1) is 0 Å². The van der Waals surface area contributed by atoms with Gasteiger partial charge in [0, 0.05) is 25.7 Å². The van der Waals surface area contributed by atoms with E-state index in [9.17, 15) is 8.42 Å². The fourth-order valence-electron chi connectivity index (χ4n) is 3.28. The van der Waals surface area contributed by atoms with Crippen LogP contribution in [0, 0.1) is 0 Å². The van der Waals surface area contributed by atoms with Crippen molar-refractivity contribution in [3.05, 3.63) is 35.9 Å². The van der Waals surface area contributed by atoms with Crippen molar-refractivity contribution in [1.29, 1.82) is 0 Å². The largest absolute Gasteiger partial charge is 0.375 e. The first-order valence-corrected chi connectivity index (χ1v) is 9.31. The maximum atomic E-state index is 12.9. The van der Waals surface area contributed by atoms with E-state index >= 15 is 0 Å². The van der Waals surface area contributed by atoms with Gasteiger partial charge in [0.25, 0.3) is 10.2 Å². The molecule has 0 unspecified atom stereocenters. The van der Waals surface area contributed by atoms with E-state index in [4.69, 9.17) is 4.74 Å². The minimum Gasteiger partial charge on any atom is -0.375 e. The zero-order valence-corrected chi connectivity index (χ0v) is 14.0. The van der Waals surface area contributed by atoms with Crippen LogP contribution in [0.15, 0.2) is 30.3 Å². The first-order valence-electron chi connectivity index (χ1n) is 7.92. The van der Waals surface area contributed by atoms with Crippen LogP contribution in [0.3, 0.4) is 0 Å². The maximum Gasteiger partial charge on any atom is 0.282 e. The molecule has 2 fully saturated rings. The van der Waals surface area contributed by atoms with Crippen molar-refractivity contribution in [1.82, 2.24) is 8.61 Å². The molecule has 6 heteroatoms. The second-order valence-corrected chi connectivity index (χ2v) is 8.21. The molecule has 3 rings (SSSR count). The predicted octanol–water partition coefficient (Wildman–Crippen LogP) is 1.83. The Labute approximate surface area is 133 Å². The van der Waals surface area contributed by atoms with Gasteiger partial charge in [0.2, 0.25) is 0 Å². The van der Waals surface area contributed by atoms with E-state index in [1.54, 1.807) is 8.61 Å². The fourth-order valence-corrected chi connectivity index (χ4v) is 5.19. The molecule has 2 aliphatic rings. The van der Waals surface area contributed by atoms with Crippen molar-refractivity contribution in [2.24, 2.45) is 0 Å². The van der Waals surface area contributed by atoms with Gasteiger partial charge in [-0.25, -0.2) is 0 Å². The van der Waals surface area contributed by atoms with Gasteiger partial charge in [0.15, 0.2) is 0 Å². The number of rotatable bonds is 3. The lowest BCUT2D eigenvalue weighted by Gasteiger charge is -2.37. The van der Waals surface area contributed by atoms with Gasteiger partial charge in [-0.1, -0.05) is 30.3 Å². The summed E-state index contributed by atoms with van der Waals surface area (Å²) in [7, 11) is -3.40. The van der Waals surface area contributed by atoms with Gasteiger partial charge in [-0.05, 0) is 31.7 Å². The van der Waals surface area contributed by atoms with E-state index in [0.29, 0.717) is 32.2 Å². The van der Waals surface area contributed by atoms with Crippen LogP contribution in [0.5, 0.6) is 0 Å². The van der Waals surface area contributed by atoms with E-state index in [2.05, 4.69) is 12.1 Å². The molecule has 3 atom stereocenters. The van der Waals surface area contributed by atoms with E-state index in [0.717, 1.165) is 6.42 Å². The highest BCUT2D eigenvalue weighted by atomic mass is 32.2. The molecule has 0 aromatic heterocycles. The van der Waals surface area contributed by atoms with Crippen LogP contribution in [0.25, 0.3) is 0 Å². The van der Waals surface area contributed by atoms with Crippen LogP contribution in [0.2, 0.25) is 0 Å². The molecule has 22 heavy (non-hydrogen) atoms. The maximum absolute atomic E-state index is 12.9. The highest BCUT2D eigenvalue weighted by molar-refractivity contribution is 7.86. The Morgan fingerprint density at radius 2 is 1.86 bits per heavy atom. The quantitative estimate of drug-likeness (QED) is 0.852. The van der Waals surface area contributed by atoms with Crippen molar-refractivity contribution in [2.75, 3.05) is 26.2 Å². The number of nitrogens with zero attached hydrogens (tertiary/aromatic N) is 2. The molecule has 1 aromatic rings. The van der Waals surface area contributed by atoms with Crippen LogP contribution >= 0.6 is 0 Å². The lowest BCUT2D eigenvalue weighted by Crippen LogP contribution is -2.54. The van der Waals surface area contributed by atoms with Crippen molar-refractivity contribution in [2.45, 2.75) is 38.3 Å².